The highest BCUT2D eigenvalue weighted by Gasteiger charge is 2.28. The van der Waals surface area contributed by atoms with E-state index in [0.29, 0.717) is 11.8 Å². The SMILES string of the molecule is Cc1cnccc1NC(=O)C1CCC(Cn2c(=O)n(C)c3ccc(C4CC4)cc32)CC1. The Bertz CT molecular complexity index is 1180. The van der Waals surface area contributed by atoms with Crippen molar-refractivity contribution in [2.24, 2.45) is 18.9 Å². The van der Waals surface area contributed by atoms with E-state index in [1.54, 1.807) is 17.0 Å². The van der Waals surface area contributed by atoms with Crippen molar-refractivity contribution in [1.29, 1.82) is 0 Å². The second-order valence-corrected chi connectivity index (χ2v) is 9.37. The van der Waals surface area contributed by atoms with Gasteiger partial charge in [-0.2, -0.15) is 0 Å². The van der Waals surface area contributed by atoms with E-state index in [0.717, 1.165) is 54.5 Å². The maximum atomic E-state index is 12.9. The number of nitrogens with zero attached hydrogens (tertiary/aromatic N) is 3. The first kappa shape index (κ1) is 20.0. The van der Waals surface area contributed by atoms with Crippen molar-refractivity contribution in [2.45, 2.75) is 57.9 Å². The third-order valence-corrected chi connectivity index (χ3v) is 7.15. The molecule has 2 saturated carbocycles. The third kappa shape index (κ3) is 3.91. The van der Waals surface area contributed by atoms with Crippen molar-refractivity contribution in [2.75, 3.05) is 5.32 Å². The average molecular weight is 419 g/mol. The fraction of sp³-hybridized carbons (Fsp3) is 0.480. The lowest BCUT2D eigenvalue weighted by Crippen LogP contribution is -2.31. The van der Waals surface area contributed by atoms with Crippen LogP contribution in [0.2, 0.25) is 0 Å². The van der Waals surface area contributed by atoms with Crippen LogP contribution in [-0.4, -0.2) is 20.0 Å². The summed E-state index contributed by atoms with van der Waals surface area (Å²) in [6.07, 6.45) is 9.67. The first-order valence-corrected chi connectivity index (χ1v) is 11.4. The number of aryl methyl sites for hydroxylation is 2. The van der Waals surface area contributed by atoms with E-state index in [9.17, 15) is 9.59 Å². The molecular formula is C25H30N4O2. The van der Waals surface area contributed by atoms with E-state index in [2.05, 4.69) is 28.5 Å². The number of imidazole rings is 1. The summed E-state index contributed by atoms with van der Waals surface area (Å²) in [6.45, 7) is 2.69. The molecule has 0 atom stereocenters. The van der Waals surface area contributed by atoms with Crippen molar-refractivity contribution < 1.29 is 4.79 Å². The van der Waals surface area contributed by atoms with Gasteiger partial charge in [0.05, 0.1) is 11.0 Å². The lowest BCUT2D eigenvalue weighted by molar-refractivity contribution is -0.121. The Labute approximate surface area is 182 Å². The zero-order valence-corrected chi connectivity index (χ0v) is 18.3. The molecule has 3 aromatic rings. The van der Waals surface area contributed by atoms with Crippen LogP contribution >= 0.6 is 0 Å². The Morgan fingerprint density at radius 2 is 1.87 bits per heavy atom. The van der Waals surface area contributed by atoms with Crippen molar-refractivity contribution >= 4 is 22.6 Å². The Hall–Kier alpha value is -2.89. The third-order valence-electron chi connectivity index (χ3n) is 7.15. The molecule has 0 bridgehead atoms. The summed E-state index contributed by atoms with van der Waals surface area (Å²) in [7, 11) is 1.86. The highest BCUT2D eigenvalue weighted by atomic mass is 16.2. The van der Waals surface area contributed by atoms with Crippen LogP contribution in [0.25, 0.3) is 11.0 Å². The molecule has 2 aromatic heterocycles. The van der Waals surface area contributed by atoms with E-state index >= 15 is 0 Å². The Balaban J connectivity index is 1.26. The number of aromatic nitrogens is 3. The normalized spacial score (nSPS) is 21.4. The van der Waals surface area contributed by atoms with Crippen LogP contribution in [0.3, 0.4) is 0 Å². The number of anilines is 1. The van der Waals surface area contributed by atoms with Gasteiger partial charge >= 0.3 is 5.69 Å². The summed E-state index contributed by atoms with van der Waals surface area (Å²) in [4.78, 5) is 29.7. The molecular weight excluding hydrogens is 388 g/mol. The maximum Gasteiger partial charge on any atom is 0.328 e. The van der Waals surface area contributed by atoms with Gasteiger partial charge in [-0.25, -0.2) is 4.79 Å². The predicted molar refractivity (Wildman–Crippen MR) is 122 cm³/mol. The second-order valence-electron chi connectivity index (χ2n) is 9.37. The molecule has 0 unspecified atom stereocenters. The molecule has 2 heterocycles. The number of hydrogen-bond donors (Lipinski definition) is 1. The summed E-state index contributed by atoms with van der Waals surface area (Å²) in [5.41, 5.74) is 5.32. The average Bonchev–Trinajstić information content (AvgIpc) is 3.60. The minimum absolute atomic E-state index is 0.0366. The summed E-state index contributed by atoms with van der Waals surface area (Å²) in [5.74, 6) is 1.24. The number of fused-ring (bicyclic) bond motifs is 1. The highest BCUT2D eigenvalue weighted by Crippen LogP contribution is 2.41. The molecule has 2 aliphatic rings. The number of pyridine rings is 1. The Morgan fingerprint density at radius 1 is 1.10 bits per heavy atom. The highest BCUT2D eigenvalue weighted by molar-refractivity contribution is 5.93. The van der Waals surface area contributed by atoms with Gasteiger partial charge in [-0.3, -0.25) is 18.9 Å². The van der Waals surface area contributed by atoms with Gasteiger partial charge in [0.25, 0.3) is 0 Å². The monoisotopic (exact) mass is 418 g/mol. The quantitative estimate of drug-likeness (QED) is 0.669. The molecule has 31 heavy (non-hydrogen) atoms. The van der Waals surface area contributed by atoms with Crippen LogP contribution in [0, 0.1) is 18.8 Å². The Morgan fingerprint density at radius 3 is 2.58 bits per heavy atom. The molecule has 5 rings (SSSR count). The van der Waals surface area contributed by atoms with Gasteiger partial charge in [0.1, 0.15) is 0 Å². The van der Waals surface area contributed by atoms with E-state index in [4.69, 9.17) is 0 Å². The topological polar surface area (TPSA) is 68.9 Å². The number of amides is 1. The van der Waals surface area contributed by atoms with Crippen molar-refractivity contribution in [3.63, 3.8) is 0 Å². The number of benzene rings is 1. The second kappa shape index (κ2) is 7.98. The smallest absolute Gasteiger partial charge is 0.325 e. The lowest BCUT2D eigenvalue weighted by atomic mass is 9.81. The molecule has 1 amide bonds. The van der Waals surface area contributed by atoms with E-state index < -0.39 is 0 Å². The van der Waals surface area contributed by atoms with Crippen molar-refractivity contribution in [3.8, 4) is 0 Å². The molecule has 0 spiro atoms. The van der Waals surface area contributed by atoms with Gasteiger partial charge in [-0.15, -0.1) is 0 Å². The molecule has 2 fully saturated rings. The van der Waals surface area contributed by atoms with Crippen LogP contribution in [0.15, 0.2) is 41.5 Å². The van der Waals surface area contributed by atoms with Crippen LogP contribution in [0.4, 0.5) is 5.69 Å². The molecule has 0 aliphatic heterocycles. The van der Waals surface area contributed by atoms with Crippen molar-refractivity contribution in [1.82, 2.24) is 14.1 Å². The Kier molecular flexibility index (Phi) is 5.16. The van der Waals surface area contributed by atoms with Gasteiger partial charge in [0.15, 0.2) is 0 Å². The van der Waals surface area contributed by atoms with E-state index in [1.165, 1.54) is 18.4 Å². The van der Waals surface area contributed by atoms with E-state index in [1.807, 2.05) is 24.6 Å². The van der Waals surface area contributed by atoms with Gasteiger partial charge in [-0.05, 0) is 86.6 Å². The molecule has 0 radical (unpaired) electrons. The van der Waals surface area contributed by atoms with E-state index in [-0.39, 0.29) is 17.5 Å². The zero-order chi connectivity index (χ0) is 21.5. The minimum Gasteiger partial charge on any atom is -0.325 e. The van der Waals surface area contributed by atoms with Crippen LogP contribution in [-0.2, 0) is 18.4 Å². The molecule has 6 heteroatoms. The first-order valence-electron chi connectivity index (χ1n) is 11.4. The van der Waals surface area contributed by atoms with Crippen LogP contribution < -0.4 is 11.0 Å². The number of nitrogens with one attached hydrogen (secondary N) is 1. The summed E-state index contributed by atoms with van der Waals surface area (Å²) < 4.78 is 3.73. The summed E-state index contributed by atoms with van der Waals surface area (Å²) >= 11 is 0. The standard InChI is InChI=1S/C25H30N4O2/c1-16-14-26-12-11-21(16)27-24(30)19-5-3-17(4-6-19)15-29-23-13-20(18-7-8-18)9-10-22(23)28(2)25(29)31/h9-14,17-19H,3-8,15H2,1-2H3,(H,26,27,30). The fourth-order valence-electron chi connectivity index (χ4n) is 4.99. The summed E-state index contributed by atoms with van der Waals surface area (Å²) in [6, 6.07) is 8.35. The predicted octanol–water partition coefficient (Wildman–Crippen LogP) is 4.37. The molecule has 2 aliphatic carbocycles. The molecule has 162 valence electrons. The molecule has 1 aromatic carbocycles. The number of carbonyl (C=O) groups is 1. The number of rotatable bonds is 5. The van der Waals surface area contributed by atoms with Gasteiger partial charge in [-0.1, -0.05) is 6.07 Å². The van der Waals surface area contributed by atoms with Crippen molar-refractivity contribution in [3.05, 3.63) is 58.3 Å². The van der Waals surface area contributed by atoms with Gasteiger partial charge < -0.3 is 5.32 Å². The minimum atomic E-state index is 0.0366. The lowest BCUT2D eigenvalue weighted by Gasteiger charge is -2.28. The fourth-order valence-corrected chi connectivity index (χ4v) is 4.99. The molecule has 1 N–H and O–H groups in total. The maximum absolute atomic E-state index is 12.9. The number of carbonyl (C=O) groups excluding carboxylic acids is 1. The van der Waals surface area contributed by atoms with Gasteiger partial charge in [0.2, 0.25) is 5.91 Å². The first-order chi connectivity index (χ1) is 15.0. The molecule has 6 nitrogen and oxygen atoms in total. The number of hydrogen-bond acceptors (Lipinski definition) is 3. The molecule has 0 saturated heterocycles. The largest absolute Gasteiger partial charge is 0.328 e. The van der Waals surface area contributed by atoms with Crippen LogP contribution in [0.1, 0.15) is 55.6 Å². The summed E-state index contributed by atoms with van der Waals surface area (Å²) in [5, 5.41) is 3.07. The zero-order valence-electron chi connectivity index (χ0n) is 18.3. The van der Waals surface area contributed by atoms with Crippen LogP contribution in [0.5, 0.6) is 0 Å². The van der Waals surface area contributed by atoms with Gasteiger partial charge in [0, 0.05) is 37.6 Å².